The lowest BCUT2D eigenvalue weighted by Crippen LogP contribution is -2.35. The van der Waals surface area contributed by atoms with Gasteiger partial charge in [-0.3, -0.25) is 14.4 Å². The van der Waals surface area contributed by atoms with Gasteiger partial charge in [0.2, 0.25) is 5.91 Å². The van der Waals surface area contributed by atoms with Crippen LogP contribution in [-0.4, -0.2) is 21.6 Å². The second-order valence-electron chi connectivity index (χ2n) is 5.98. The summed E-state index contributed by atoms with van der Waals surface area (Å²) in [5.41, 5.74) is 6.95. The quantitative estimate of drug-likeness (QED) is 0.719. The molecule has 1 heterocycles. The summed E-state index contributed by atoms with van der Waals surface area (Å²) in [4.78, 5) is 36.4. The first-order valence-corrected chi connectivity index (χ1v) is 8.07. The van der Waals surface area contributed by atoms with E-state index in [0.29, 0.717) is 17.3 Å². The topological polar surface area (TPSA) is 107 Å². The number of benzene rings is 2. The second-order valence-corrected chi connectivity index (χ2v) is 5.98. The SMILES string of the molecule is Cc1ccc(CNC(=O)Cn2nc(C(N)=O)c3ccccc3c2=O)cc1. The van der Waals surface area contributed by atoms with E-state index in [-0.39, 0.29) is 18.1 Å². The third-order valence-electron chi connectivity index (χ3n) is 4.00. The summed E-state index contributed by atoms with van der Waals surface area (Å²) in [5, 5.41) is 7.38. The maximum Gasteiger partial charge on any atom is 0.275 e. The molecule has 3 N–H and O–H groups in total. The van der Waals surface area contributed by atoms with Gasteiger partial charge in [-0.25, -0.2) is 4.68 Å². The molecule has 0 fully saturated rings. The Balaban J connectivity index is 1.82. The Kier molecular flexibility index (Phi) is 4.79. The normalized spacial score (nSPS) is 10.7. The molecule has 0 bridgehead atoms. The third-order valence-corrected chi connectivity index (χ3v) is 4.00. The number of nitrogens with zero attached hydrogens (tertiary/aromatic N) is 2. The molecule has 0 aliphatic carbocycles. The van der Waals surface area contributed by atoms with E-state index in [4.69, 9.17) is 5.73 Å². The number of amides is 2. The van der Waals surface area contributed by atoms with Gasteiger partial charge in [-0.05, 0) is 18.6 Å². The van der Waals surface area contributed by atoms with E-state index < -0.39 is 11.5 Å². The lowest BCUT2D eigenvalue weighted by Gasteiger charge is -2.10. The van der Waals surface area contributed by atoms with Crippen molar-refractivity contribution in [2.45, 2.75) is 20.0 Å². The van der Waals surface area contributed by atoms with Crippen LogP contribution < -0.4 is 16.6 Å². The molecule has 0 atom stereocenters. The van der Waals surface area contributed by atoms with Gasteiger partial charge in [0, 0.05) is 11.9 Å². The highest BCUT2D eigenvalue weighted by Gasteiger charge is 2.15. The minimum absolute atomic E-state index is 0.0356. The number of carbonyl (C=O) groups is 2. The van der Waals surface area contributed by atoms with E-state index in [1.54, 1.807) is 24.3 Å². The van der Waals surface area contributed by atoms with Gasteiger partial charge in [-0.15, -0.1) is 0 Å². The molecular formula is C19H18N4O3. The Hall–Kier alpha value is -3.48. The van der Waals surface area contributed by atoms with Crippen molar-refractivity contribution in [3.05, 3.63) is 75.7 Å². The number of nitrogens with two attached hydrogens (primary N) is 1. The maximum absolute atomic E-state index is 12.5. The first-order chi connectivity index (χ1) is 12.5. The third kappa shape index (κ3) is 3.61. The Morgan fingerprint density at radius 3 is 2.38 bits per heavy atom. The Bertz CT molecular complexity index is 1040. The van der Waals surface area contributed by atoms with Crippen LogP contribution in [0.15, 0.2) is 53.3 Å². The number of carbonyl (C=O) groups excluding carboxylic acids is 2. The molecule has 0 aliphatic heterocycles. The monoisotopic (exact) mass is 350 g/mol. The van der Waals surface area contributed by atoms with Gasteiger partial charge in [0.25, 0.3) is 11.5 Å². The first-order valence-electron chi connectivity index (χ1n) is 8.07. The maximum atomic E-state index is 12.5. The van der Waals surface area contributed by atoms with Gasteiger partial charge < -0.3 is 11.1 Å². The van der Waals surface area contributed by atoms with E-state index in [1.807, 2.05) is 31.2 Å². The average Bonchev–Trinajstić information content (AvgIpc) is 2.63. The van der Waals surface area contributed by atoms with Gasteiger partial charge in [0.05, 0.1) is 5.39 Å². The molecule has 2 aromatic carbocycles. The van der Waals surface area contributed by atoms with E-state index in [2.05, 4.69) is 10.4 Å². The first kappa shape index (κ1) is 17.3. The molecule has 2 amide bonds. The molecule has 7 nitrogen and oxygen atoms in total. The van der Waals surface area contributed by atoms with Gasteiger partial charge in [-0.1, -0.05) is 48.0 Å². The molecule has 3 rings (SSSR count). The zero-order chi connectivity index (χ0) is 18.7. The number of aromatic nitrogens is 2. The lowest BCUT2D eigenvalue weighted by atomic mass is 10.1. The molecule has 0 saturated heterocycles. The van der Waals surface area contributed by atoms with E-state index in [9.17, 15) is 14.4 Å². The van der Waals surface area contributed by atoms with Crippen molar-refractivity contribution in [3.8, 4) is 0 Å². The van der Waals surface area contributed by atoms with Gasteiger partial charge in [0.1, 0.15) is 6.54 Å². The molecule has 7 heteroatoms. The highest BCUT2D eigenvalue weighted by atomic mass is 16.2. The average molecular weight is 350 g/mol. The molecule has 26 heavy (non-hydrogen) atoms. The van der Waals surface area contributed by atoms with E-state index >= 15 is 0 Å². The minimum atomic E-state index is -0.755. The summed E-state index contributed by atoms with van der Waals surface area (Å²) in [6.45, 7) is 2.02. The van der Waals surface area contributed by atoms with Crippen molar-refractivity contribution in [3.63, 3.8) is 0 Å². The zero-order valence-corrected chi connectivity index (χ0v) is 14.2. The van der Waals surface area contributed by atoms with Gasteiger partial charge in [-0.2, -0.15) is 5.10 Å². The highest BCUT2D eigenvalue weighted by molar-refractivity contribution is 6.04. The molecule has 132 valence electrons. The number of hydrogen-bond acceptors (Lipinski definition) is 4. The van der Waals surface area contributed by atoms with Crippen LogP contribution in [0.25, 0.3) is 10.8 Å². The lowest BCUT2D eigenvalue weighted by molar-refractivity contribution is -0.122. The Morgan fingerprint density at radius 2 is 1.73 bits per heavy atom. The number of rotatable bonds is 5. The minimum Gasteiger partial charge on any atom is -0.364 e. The van der Waals surface area contributed by atoms with Crippen molar-refractivity contribution < 1.29 is 9.59 Å². The number of nitrogens with one attached hydrogen (secondary N) is 1. The highest BCUT2D eigenvalue weighted by Crippen LogP contribution is 2.12. The summed E-state index contributed by atoms with van der Waals surface area (Å²) in [7, 11) is 0. The summed E-state index contributed by atoms with van der Waals surface area (Å²) in [6.07, 6.45) is 0. The molecule has 0 saturated carbocycles. The van der Waals surface area contributed by atoms with Crippen molar-refractivity contribution in [1.29, 1.82) is 0 Å². The summed E-state index contributed by atoms with van der Waals surface area (Å²) >= 11 is 0. The molecule has 0 unspecified atom stereocenters. The molecule has 0 spiro atoms. The van der Waals surface area contributed by atoms with Crippen LogP contribution in [0.2, 0.25) is 0 Å². The van der Waals surface area contributed by atoms with Crippen LogP contribution in [0.4, 0.5) is 0 Å². The van der Waals surface area contributed by atoms with Crippen LogP contribution >= 0.6 is 0 Å². The van der Waals surface area contributed by atoms with Crippen molar-refractivity contribution in [2.24, 2.45) is 5.73 Å². The largest absolute Gasteiger partial charge is 0.364 e. The smallest absolute Gasteiger partial charge is 0.275 e. The van der Waals surface area contributed by atoms with Crippen LogP contribution in [0.3, 0.4) is 0 Å². The van der Waals surface area contributed by atoms with Gasteiger partial charge in [0.15, 0.2) is 5.69 Å². The molecule has 0 radical (unpaired) electrons. The van der Waals surface area contributed by atoms with Crippen LogP contribution in [0.1, 0.15) is 21.6 Å². The predicted molar refractivity (Wildman–Crippen MR) is 97.5 cm³/mol. The number of primary amides is 1. The fraction of sp³-hybridized carbons (Fsp3) is 0.158. The van der Waals surface area contributed by atoms with E-state index in [1.165, 1.54) is 0 Å². The van der Waals surface area contributed by atoms with Crippen molar-refractivity contribution in [1.82, 2.24) is 15.1 Å². The standard InChI is InChI=1S/C19H18N4O3/c1-12-6-8-13(9-7-12)10-21-16(24)11-23-19(26)15-5-3-2-4-14(15)17(22-23)18(20)25/h2-9H,10-11H2,1H3,(H2,20,25)(H,21,24). The zero-order valence-electron chi connectivity index (χ0n) is 14.2. The fourth-order valence-corrected chi connectivity index (χ4v) is 2.62. The number of aryl methyl sites for hydroxylation is 1. The van der Waals surface area contributed by atoms with Gasteiger partial charge >= 0.3 is 0 Å². The fourth-order valence-electron chi connectivity index (χ4n) is 2.62. The summed E-state index contributed by atoms with van der Waals surface area (Å²) in [5.74, 6) is -1.14. The number of fused-ring (bicyclic) bond motifs is 1. The van der Waals surface area contributed by atoms with E-state index in [0.717, 1.165) is 15.8 Å². The molecule has 3 aromatic rings. The van der Waals surface area contributed by atoms with Crippen LogP contribution in [0, 0.1) is 6.92 Å². The molecular weight excluding hydrogens is 332 g/mol. The van der Waals surface area contributed by atoms with Crippen LogP contribution in [-0.2, 0) is 17.9 Å². The Labute approximate surface area is 149 Å². The number of hydrogen-bond donors (Lipinski definition) is 2. The molecule has 0 aliphatic rings. The summed E-state index contributed by atoms with van der Waals surface area (Å²) in [6, 6.07) is 14.3. The van der Waals surface area contributed by atoms with Crippen LogP contribution in [0.5, 0.6) is 0 Å². The van der Waals surface area contributed by atoms with Crippen molar-refractivity contribution in [2.75, 3.05) is 0 Å². The van der Waals surface area contributed by atoms with Crippen molar-refractivity contribution >= 4 is 22.6 Å². The summed E-state index contributed by atoms with van der Waals surface area (Å²) < 4.78 is 0.965. The second kappa shape index (κ2) is 7.18. The molecule has 1 aromatic heterocycles. The Morgan fingerprint density at radius 1 is 1.08 bits per heavy atom. The predicted octanol–water partition coefficient (Wildman–Crippen LogP) is 1.12.